The number of aromatic nitrogens is 1. The number of aliphatic hydroxyl groups is 1. The summed E-state index contributed by atoms with van der Waals surface area (Å²) in [4.78, 5) is 29.0. The molecule has 9 nitrogen and oxygen atoms in total. The SMILES string of the molecule is O=c1oc2c(c(O)c1Sc1ccccc1F)c(=O)n(-c1ccccc1)c1cc(OC[C@H](O)CN3CCOCC3)ccc21. The van der Waals surface area contributed by atoms with Gasteiger partial charge in [0.15, 0.2) is 11.3 Å². The highest BCUT2D eigenvalue weighted by Crippen LogP contribution is 2.38. The van der Waals surface area contributed by atoms with E-state index in [4.69, 9.17) is 13.9 Å². The summed E-state index contributed by atoms with van der Waals surface area (Å²) in [5.74, 6) is -0.771. The van der Waals surface area contributed by atoms with E-state index in [1.54, 1.807) is 48.5 Å². The van der Waals surface area contributed by atoms with Gasteiger partial charge in [0.05, 0.1) is 18.7 Å². The van der Waals surface area contributed by atoms with E-state index >= 15 is 0 Å². The van der Waals surface area contributed by atoms with E-state index in [-0.39, 0.29) is 27.4 Å². The van der Waals surface area contributed by atoms with Crippen LogP contribution in [0, 0.1) is 5.82 Å². The summed E-state index contributed by atoms with van der Waals surface area (Å²) in [6.45, 7) is 3.19. The number of fused-ring (bicyclic) bond motifs is 3. The number of halogens is 1. The molecule has 2 N–H and O–H groups in total. The molecule has 1 atom stereocenters. The van der Waals surface area contributed by atoms with E-state index in [9.17, 15) is 24.2 Å². The number of aromatic hydroxyl groups is 1. The minimum atomic E-state index is -0.905. The standard InChI is InChI=1S/C31H27FN2O7S/c32-23-8-4-5-9-25(23)42-29-27(36)26-28(41-31(29)38)22-11-10-21(40-18-20(35)17-33-12-14-39-15-13-33)16-24(22)34(30(26)37)19-6-2-1-3-7-19/h1-11,16,20,35-36H,12-15,17-18H2/t20-/m1/s1. The number of hydrogen-bond acceptors (Lipinski definition) is 9. The van der Waals surface area contributed by atoms with E-state index in [1.165, 1.54) is 22.8 Å². The summed E-state index contributed by atoms with van der Waals surface area (Å²) < 4.78 is 32.6. The Kier molecular flexibility index (Phi) is 7.98. The lowest BCUT2D eigenvalue weighted by molar-refractivity contribution is 0.00466. The van der Waals surface area contributed by atoms with Crippen molar-refractivity contribution in [2.45, 2.75) is 15.9 Å². The first-order valence-corrected chi connectivity index (χ1v) is 14.2. The third kappa shape index (κ3) is 5.51. The number of nitrogens with zero attached hydrogens (tertiary/aromatic N) is 2. The van der Waals surface area contributed by atoms with Crippen molar-refractivity contribution in [3.63, 3.8) is 0 Å². The second kappa shape index (κ2) is 12.0. The Labute approximate surface area is 243 Å². The normalized spacial score (nSPS) is 14.8. The lowest BCUT2D eigenvalue weighted by atomic mass is 10.1. The topological polar surface area (TPSA) is 114 Å². The lowest BCUT2D eigenvalue weighted by Crippen LogP contribution is -2.42. The van der Waals surface area contributed by atoms with Crippen LogP contribution in [0.5, 0.6) is 11.5 Å². The number of para-hydroxylation sites is 1. The third-order valence-corrected chi connectivity index (χ3v) is 8.12. The van der Waals surface area contributed by atoms with Gasteiger partial charge in [-0.1, -0.05) is 42.1 Å². The Balaban J connectivity index is 1.44. The van der Waals surface area contributed by atoms with Gasteiger partial charge in [-0.3, -0.25) is 14.3 Å². The van der Waals surface area contributed by atoms with Crippen molar-refractivity contribution in [3.05, 3.63) is 99.4 Å². The van der Waals surface area contributed by atoms with E-state index in [0.717, 1.165) is 13.1 Å². The first-order valence-electron chi connectivity index (χ1n) is 13.4. The van der Waals surface area contributed by atoms with Gasteiger partial charge >= 0.3 is 5.63 Å². The van der Waals surface area contributed by atoms with Crippen LogP contribution in [0.1, 0.15) is 0 Å². The Morgan fingerprint density at radius 1 is 1.00 bits per heavy atom. The van der Waals surface area contributed by atoms with Gasteiger partial charge in [-0.25, -0.2) is 9.18 Å². The number of β-amino-alcohol motifs (C(OH)–C–C–N with tert-alkyl or cyclic N) is 1. The van der Waals surface area contributed by atoms with Gasteiger partial charge in [0.2, 0.25) is 0 Å². The predicted octanol–water partition coefficient (Wildman–Crippen LogP) is 4.16. The summed E-state index contributed by atoms with van der Waals surface area (Å²) in [6, 6.07) is 19.5. The number of hydrogen-bond donors (Lipinski definition) is 2. The smallest absolute Gasteiger partial charge is 0.354 e. The molecule has 11 heteroatoms. The fraction of sp³-hybridized carbons (Fsp3) is 0.226. The van der Waals surface area contributed by atoms with Gasteiger partial charge < -0.3 is 24.1 Å². The first kappa shape index (κ1) is 28.0. The highest BCUT2D eigenvalue weighted by Gasteiger charge is 2.24. The van der Waals surface area contributed by atoms with E-state index in [1.807, 2.05) is 6.07 Å². The maximum absolute atomic E-state index is 14.4. The van der Waals surface area contributed by atoms with Crippen LogP contribution in [0.15, 0.2) is 96.6 Å². The van der Waals surface area contributed by atoms with Gasteiger partial charge in [-0.2, -0.15) is 0 Å². The molecule has 0 radical (unpaired) electrons. The quantitative estimate of drug-likeness (QED) is 0.257. The molecule has 0 unspecified atom stereocenters. The Morgan fingerprint density at radius 2 is 1.74 bits per heavy atom. The molecular weight excluding hydrogens is 563 g/mol. The average Bonchev–Trinajstić information content (AvgIpc) is 3.00. The minimum Gasteiger partial charge on any atom is -0.505 e. The monoisotopic (exact) mass is 590 g/mol. The van der Waals surface area contributed by atoms with Gasteiger partial charge in [-0.15, -0.1) is 0 Å². The molecule has 0 spiro atoms. The fourth-order valence-electron chi connectivity index (χ4n) is 4.98. The van der Waals surface area contributed by atoms with Crippen molar-refractivity contribution in [1.82, 2.24) is 9.47 Å². The zero-order valence-electron chi connectivity index (χ0n) is 22.4. The number of benzene rings is 3. The van der Waals surface area contributed by atoms with Crippen molar-refractivity contribution in [2.24, 2.45) is 0 Å². The molecule has 216 valence electrons. The maximum Gasteiger partial charge on any atom is 0.354 e. The maximum atomic E-state index is 14.4. The molecule has 5 aromatic rings. The molecular formula is C31H27FN2O7S. The van der Waals surface area contributed by atoms with Crippen LogP contribution in [-0.2, 0) is 4.74 Å². The second-order valence-corrected chi connectivity index (χ2v) is 10.9. The molecule has 3 aromatic carbocycles. The summed E-state index contributed by atoms with van der Waals surface area (Å²) in [5.41, 5.74) is -0.756. The van der Waals surface area contributed by atoms with E-state index in [0.29, 0.717) is 53.9 Å². The third-order valence-electron chi connectivity index (χ3n) is 7.01. The molecule has 3 heterocycles. The highest BCUT2D eigenvalue weighted by atomic mass is 32.2. The van der Waals surface area contributed by atoms with Crippen LogP contribution in [0.25, 0.3) is 27.6 Å². The Morgan fingerprint density at radius 3 is 2.50 bits per heavy atom. The number of ether oxygens (including phenoxy) is 2. The van der Waals surface area contributed by atoms with Crippen molar-refractivity contribution in [3.8, 4) is 17.2 Å². The molecule has 1 saturated heterocycles. The zero-order chi connectivity index (χ0) is 29.2. The number of aliphatic hydroxyl groups excluding tert-OH is 1. The first-order chi connectivity index (χ1) is 20.4. The van der Waals surface area contributed by atoms with Crippen LogP contribution >= 0.6 is 11.8 Å². The van der Waals surface area contributed by atoms with Crippen molar-refractivity contribution in [1.29, 1.82) is 0 Å². The number of rotatable bonds is 8. The number of pyridine rings is 1. The Bertz CT molecular complexity index is 1870. The average molecular weight is 591 g/mol. The molecule has 2 aromatic heterocycles. The lowest BCUT2D eigenvalue weighted by Gasteiger charge is -2.28. The summed E-state index contributed by atoms with van der Waals surface area (Å²) in [5, 5.41) is 22.0. The van der Waals surface area contributed by atoms with Gasteiger partial charge in [0.25, 0.3) is 5.56 Å². The van der Waals surface area contributed by atoms with Crippen LogP contribution in [0.4, 0.5) is 4.39 Å². The van der Waals surface area contributed by atoms with Gasteiger partial charge in [0.1, 0.15) is 34.6 Å². The van der Waals surface area contributed by atoms with Crippen LogP contribution in [0.3, 0.4) is 0 Å². The van der Waals surface area contributed by atoms with Crippen LogP contribution in [-0.4, -0.2) is 65.2 Å². The second-order valence-electron chi connectivity index (χ2n) is 9.84. The fourth-order valence-corrected chi connectivity index (χ4v) is 5.84. The molecule has 0 saturated carbocycles. The van der Waals surface area contributed by atoms with E-state index < -0.39 is 28.9 Å². The molecule has 1 aliphatic rings. The minimum absolute atomic E-state index is 0.0263. The summed E-state index contributed by atoms with van der Waals surface area (Å²) in [7, 11) is 0. The largest absolute Gasteiger partial charge is 0.505 e. The predicted molar refractivity (Wildman–Crippen MR) is 157 cm³/mol. The van der Waals surface area contributed by atoms with Gasteiger partial charge in [0, 0.05) is 41.7 Å². The van der Waals surface area contributed by atoms with Crippen molar-refractivity contribution < 1.29 is 28.5 Å². The molecule has 1 fully saturated rings. The van der Waals surface area contributed by atoms with Gasteiger partial charge in [-0.05, 0) is 36.4 Å². The van der Waals surface area contributed by atoms with Crippen molar-refractivity contribution in [2.75, 3.05) is 39.5 Å². The molecule has 0 amide bonds. The molecule has 1 aliphatic heterocycles. The van der Waals surface area contributed by atoms with Crippen LogP contribution in [0.2, 0.25) is 0 Å². The zero-order valence-corrected chi connectivity index (χ0v) is 23.2. The summed E-state index contributed by atoms with van der Waals surface area (Å²) >= 11 is 0.689. The number of morpholine rings is 1. The molecule has 0 bridgehead atoms. The summed E-state index contributed by atoms with van der Waals surface area (Å²) in [6.07, 6.45) is -0.743. The molecule has 0 aliphatic carbocycles. The Hall–Kier alpha value is -4.16. The highest BCUT2D eigenvalue weighted by molar-refractivity contribution is 7.99. The van der Waals surface area contributed by atoms with E-state index in [2.05, 4.69) is 4.90 Å². The van der Waals surface area contributed by atoms with Crippen LogP contribution < -0.4 is 15.9 Å². The molecule has 6 rings (SSSR count). The van der Waals surface area contributed by atoms with Crippen molar-refractivity contribution >= 4 is 33.6 Å². The molecule has 42 heavy (non-hydrogen) atoms.